The first-order chi connectivity index (χ1) is 20.1. The average molecular weight is 570 g/mol. The highest BCUT2D eigenvalue weighted by atomic mass is 16.5. The van der Waals surface area contributed by atoms with E-state index in [2.05, 4.69) is 75.4 Å². The maximum Gasteiger partial charge on any atom is 0.159 e. The third-order valence-electron chi connectivity index (χ3n) is 7.44. The monoisotopic (exact) mass is 569 g/mol. The molecule has 5 nitrogen and oxygen atoms in total. The molecule has 0 saturated heterocycles. The fourth-order valence-electron chi connectivity index (χ4n) is 4.59. The van der Waals surface area contributed by atoms with Crippen LogP contribution in [-0.4, -0.2) is 30.0 Å². The van der Waals surface area contributed by atoms with Crippen LogP contribution in [0, 0.1) is 13.8 Å². The molecule has 3 aromatic rings. The Labute approximate surface area is 254 Å². The molecule has 0 spiro atoms. The first-order valence-corrected chi connectivity index (χ1v) is 15.3. The Morgan fingerprint density at radius 1 is 1.10 bits per heavy atom. The lowest BCUT2D eigenvalue weighted by atomic mass is 10.0. The summed E-state index contributed by atoms with van der Waals surface area (Å²) in [5, 5.41) is 0. The number of hydrogen-bond acceptors (Lipinski definition) is 5. The van der Waals surface area contributed by atoms with E-state index in [-0.39, 0.29) is 5.78 Å². The number of Topliss-reactive ketones (excluding diaryl/α,β-unsaturated/α-hetero) is 1. The molecule has 0 amide bonds. The van der Waals surface area contributed by atoms with Crippen LogP contribution < -0.4 is 15.4 Å². The molecule has 1 aliphatic rings. The zero-order valence-corrected chi connectivity index (χ0v) is 26.9. The molecular weight excluding hydrogens is 518 g/mol. The fraction of sp³-hybridized carbons (Fsp3) is 0.405. The average Bonchev–Trinajstić information content (AvgIpc) is 3.01. The number of carbonyl (C=O) groups excluding carboxylic acids is 1. The largest absolute Gasteiger partial charge is 0.490 e. The van der Waals surface area contributed by atoms with Crippen molar-refractivity contribution in [2.75, 3.05) is 18.1 Å². The van der Waals surface area contributed by atoms with Gasteiger partial charge >= 0.3 is 0 Å². The number of carbonyl (C=O) groups is 1. The van der Waals surface area contributed by atoms with Crippen molar-refractivity contribution in [1.82, 2.24) is 4.98 Å². The zero-order chi connectivity index (χ0) is 31.1. The van der Waals surface area contributed by atoms with Crippen molar-refractivity contribution in [2.24, 2.45) is 5.73 Å². The fourth-order valence-corrected chi connectivity index (χ4v) is 4.59. The summed E-state index contributed by atoms with van der Waals surface area (Å²) in [5.41, 5.74) is 14.2. The van der Waals surface area contributed by atoms with Crippen molar-refractivity contribution in [3.05, 3.63) is 107 Å². The molecule has 1 aromatic heterocycles. The maximum absolute atomic E-state index is 11.7. The molecule has 4 rings (SSSR count). The Morgan fingerprint density at radius 2 is 1.83 bits per heavy atom. The molecule has 42 heavy (non-hydrogen) atoms. The van der Waals surface area contributed by atoms with Gasteiger partial charge in [0, 0.05) is 29.7 Å². The van der Waals surface area contributed by atoms with E-state index in [1.54, 1.807) is 13.1 Å². The summed E-state index contributed by atoms with van der Waals surface area (Å²) in [5.74, 6) is 0.803. The van der Waals surface area contributed by atoms with Crippen molar-refractivity contribution in [2.45, 2.75) is 86.6 Å². The van der Waals surface area contributed by atoms with Gasteiger partial charge in [-0.3, -0.25) is 9.78 Å². The van der Waals surface area contributed by atoms with E-state index in [4.69, 9.17) is 10.5 Å². The molecule has 2 heterocycles. The van der Waals surface area contributed by atoms with Gasteiger partial charge in [0.2, 0.25) is 0 Å². The van der Waals surface area contributed by atoms with Gasteiger partial charge in [0.1, 0.15) is 12.4 Å². The zero-order valence-electron chi connectivity index (χ0n) is 26.9. The van der Waals surface area contributed by atoms with Crippen LogP contribution in [0.1, 0.15) is 92.9 Å². The Bertz CT molecular complexity index is 1310. The molecule has 226 valence electrons. The normalized spacial score (nSPS) is 13.0. The molecule has 1 atom stereocenters. The lowest BCUT2D eigenvalue weighted by Gasteiger charge is -2.34. The number of pyridine rings is 1. The van der Waals surface area contributed by atoms with Crippen molar-refractivity contribution in [3.63, 3.8) is 0 Å². The summed E-state index contributed by atoms with van der Waals surface area (Å²) in [7, 11) is 0. The first kappa shape index (κ1) is 34.5. The number of fused-ring (bicyclic) bond motifs is 1. The van der Waals surface area contributed by atoms with E-state index < -0.39 is 0 Å². The standard InChI is InChI=1S/C23H25NO2.C7H9N.C7H17N/c1-15-8-6-7-9-20(15)12-16(2)18(4)24-10-11-26-22-14-21(19(5)25)13-17(3)23(22)24;1-2-7-4-3-5-8-6-7;1-3-5-6-7(8)4-2/h6-9,12-14H,4,10-11H2,1-3,5H3;3-6H,2H2,1H3;7H,3-6,8H2,1-2H3/b16-12+;;. The molecule has 2 aromatic carbocycles. The number of aromatic nitrogens is 1. The van der Waals surface area contributed by atoms with Gasteiger partial charge in [-0.25, -0.2) is 0 Å². The molecule has 1 aliphatic heterocycles. The Balaban J connectivity index is 0.000000314. The number of ketones is 1. The van der Waals surface area contributed by atoms with Crippen molar-refractivity contribution in [3.8, 4) is 5.75 Å². The van der Waals surface area contributed by atoms with Crippen LogP contribution in [0.2, 0.25) is 0 Å². The smallest absolute Gasteiger partial charge is 0.159 e. The number of aryl methyl sites for hydroxylation is 3. The number of ether oxygens (including phenoxy) is 1. The topological polar surface area (TPSA) is 68.5 Å². The first-order valence-electron chi connectivity index (χ1n) is 15.3. The van der Waals surface area contributed by atoms with Crippen molar-refractivity contribution in [1.29, 1.82) is 0 Å². The number of nitrogens with two attached hydrogens (primary N) is 1. The Kier molecular flexibility index (Phi) is 14.8. The van der Waals surface area contributed by atoms with Gasteiger partial charge in [-0.1, -0.05) is 70.5 Å². The van der Waals surface area contributed by atoms with Crippen LogP contribution in [0.3, 0.4) is 0 Å². The highest BCUT2D eigenvalue weighted by Crippen LogP contribution is 2.39. The van der Waals surface area contributed by atoms with E-state index in [0.29, 0.717) is 18.2 Å². The van der Waals surface area contributed by atoms with E-state index in [0.717, 1.165) is 47.7 Å². The van der Waals surface area contributed by atoms with Gasteiger partial charge in [0.25, 0.3) is 0 Å². The van der Waals surface area contributed by atoms with Crippen LogP contribution in [-0.2, 0) is 6.42 Å². The van der Waals surface area contributed by atoms with Gasteiger partial charge in [0.15, 0.2) is 5.78 Å². The summed E-state index contributed by atoms with van der Waals surface area (Å²) in [6.07, 6.45) is 11.8. The number of nitrogens with zero attached hydrogens (tertiary/aromatic N) is 2. The predicted octanol–water partition coefficient (Wildman–Crippen LogP) is 8.88. The lowest BCUT2D eigenvalue weighted by Crippen LogP contribution is -2.33. The second-order valence-corrected chi connectivity index (χ2v) is 10.9. The van der Waals surface area contributed by atoms with Crippen LogP contribution in [0.25, 0.3) is 6.08 Å². The lowest BCUT2D eigenvalue weighted by molar-refractivity contribution is 0.101. The molecule has 1 unspecified atom stereocenters. The van der Waals surface area contributed by atoms with Gasteiger partial charge < -0.3 is 15.4 Å². The minimum absolute atomic E-state index is 0.0473. The molecule has 5 heteroatoms. The van der Waals surface area contributed by atoms with E-state index in [9.17, 15) is 4.79 Å². The number of rotatable bonds is 9. The Hall–Kier alpha value is -3.70. The Morgan fingerprint density at radius 3 is 2.40 bits per heavy atom. The van der Waals surface area contributed by atoms with Crippen LogP contribution in [0.15, 0.2) is 78.8 Å². The van der Waals surface area contributed by atoms with Gasteiger partial charge in [0.05, 0.1) is 12.2 Å². The van der Waals surface area contributed by atoms with Gasteiger partial charge in [-0.2, -0.15) is 0 Å². The van der Waals surface area contributed by atoms with Crippen LogP contribution in [0.5, 0.6) is 5.75 Å². The molecule has 0 fully saturated rings. The third-order valence-corrected chi connectivity index (χ3v) is 7.44. The van der Waals surface area contributed by atoms with Gasteiger partial charge in [-0.05, 0) is 99.1 Å². The maximum atomic E-state index is 11.7. The molecule has 0 bridgehead atoms. The number of hydrogen-bond donors (Lipinski definition) is 1. The van der Waals surface area contributed by atoms with Gasteiger partial charge in [-0.15, -0.1) is 0 Å². The van der Waals surface area contributed by atoms with E-state index >= 15 is 0 Å². The number of allylic oxidation sites excluding steroid dienone is 1. The molecule has 0 radical (unpaired) electrons. The summed E-state index contributed by atoms with van der Waals surface area (Å²) >= 11 is 0. The molecule has 0 aliphatic carbocycles. The molecule has 2 N–H and O–H groups in total. The number of benzene rings is 2. The second kappa shape index (κ2) is 18.0. The summed E-state index contributed by atoms with van der Waals surface area (Å²) < 4.78 is 5.84. The second-order valence-electron chi connectivity index (χ2n) is 10.9. The third kappa shape index (κ3) is 10.6. The summed E-state index contributed by atoms with van der Waals surface area (Å²) in [6.45, 7) is 19.9. The highest BCUT2D eigenvalue weighted by Gasteiger charge is 2.24. The highest BCUT2D eigenvalue weighted by molar-refractivity contribution is 5.96. The molecule has 0 saturated carbocycles. The number of unbranched alkanes of at least 4 members (excludes halogenated alkanes) is 1. The number of anilines is 1. The summed E-state index contributed by atoms with van der Waals surface area (Å²) in [6, 6.07) is 16.6. The van der Waals surface area contributed by atoms with Crippen LogP contribution in [0.4, 0.5) is 5.69 Å². The van der Waals surface area contributed by atoms with Crippen LogP contribution >= 0.6 is 0 Å². The van der Waals surface area contributed by atoms with Crippen molar-refractivity contribution >= 4 is 17.5 Å². The van der Waals surface area contributed by atoms with E-state index in [1.807, 2.05) is 43.5 Å². The summed E-state index contributed by atoms with van der Waals surface area (Å²) in [4.78, 5) is 17.9. The minimum Gasteiger partial charge on any atom is -0.490 e. The van der Waals surface area contributed by atoms with E-state index in [1.165, 1.54) is 36.0 Å². The molecular formula is C37H51N3O2. The predicted molar refractivity (Wildman–Crippen MR) is 179 cm³/mol. The quantitative estimate of drug-likeness (QED) is 0.206. The van der Waals surface area contributed by atoms with Crippen molar-refractivity contribution < 1.29 is 9.53 Å². The minimum atomic E-state index is 0.0473. The SMILES string of the molecule is C=C(/C(C)=C/c1ccccc1C)N1CCOc2cc(C(C)=O)cc(C)c21.CCCCC(N)CC.CCc1cccnc1.